The number of benzene rings is 2. The van der Waals surface area contributed by atoms with Crippen molar-refractivity contribution in [3.05, 3.63) is 58.7 Å². The third kappa shape index (κ3) is 2.78. The number of nitrogens with one attached hydrogen (secondary N) is 1. The van der Waals surface area contributed by atoms with Crippen molar-refractivity contribution in [2.24, 2.45) is 0 Å². The molecule has 100 valence electrons. The average Bonchev–Trinajstić information content (AvgIpc) is 2.41. The van der Waals surface area contributed by atoms with Gasteiger partial charge in [0.1, 0.15) is 0 Å². The number of nitriles is 1. The Morgan fingerprint density at radius 3 is 2.50 bits per heavy atom. The number of aryl methyl sites for hydroxylation is 2. The molecule has 0 aromatic heterocycles. The Balaban J connectivity index is 2.33. The van der Waals surface area contributed by atoms with Crippen molar-refractivity contribution >= 4 is 17.3 Å². The minimum atomic E-state index is -0.934. The summed E-state index contributed by atoms with van der Waals surface area (Å²) in [6.07, 6.45) is 0. The van der Waals surface area contributed by atoms with Crippen molar-refractivity contribution in [3.8, 4) is 6.07 Å². The summed E-state index contributed by atoms with van der Waals surface area (Å²) >= 11 is 0. The van der Waals surface area contributed by atoms with Crippen molar-refractivity contribution in [2.45, 2.75) is 13.8 Å². The lowest BCUT2D eigenvalue weighted by molar-refractivity contribution is 0.0696. The SMILES string of the molecule is Cc1ccc(C#N)cc1Nc1ccc(C(=O)O)c(C)c1. The van der Waals surface area contributed by atoms with E-state index in [2.05, 4.69) is 11.4 Å². The summed E-state index contributed by atoms with van der Waals surface area (Å²) in [6, 6.07) is 12.6. The lowest BCUT2D eigenvalue weighted by Crippen LogP contribution is -2.01. The van der Waals surface area contributed by atoms with E-state index in [-0.39, 0.29) is 5.56 Å². The molecule has 0 bridgehead atoms. The van der Waals surface area contributed by atoms with E-state index < -0.39 is 5.97 Å². The summed E-state index contributed by atoms with van der Waals surface area (Å²) in [5.41, 5.74) is 4.22. The van der Waals surface area contributed by atoms with Crippen molar-refractivity contribution in [3.63, 3.8) is 0 Å². The molecule has 2 N–H and O–H groups in total. The van der Waals surface area contributed by atoms with Gasteiger partial charge in [0.2, 0.25) is 0 Å². The summed E-state index contributed by atoms with van der Waals surface area (Å²) in [6.45, 7) is 3.70. The molecule has 0 unspecified atom stereocenters. The molecule has 0 aliphatic carbocycles. The van der Waals surface area contributed by atoms with Crippen LogP contribution in [0.15, 0.2) is 36.4 Å². The fourth-order valence-electron chi connectivity index (χ4n) is 1.96. The number of hydrogen-bond acceptors (Lipinski definition) is 3. The van der Waals surface area contributed by atoms with Gasteiger partial charge in [-0.1, -0.05) is 6.07 Å². The molecular weight excluding hydrogens is 252 g/mol. The smallest absolute Gasteiger partial charge is 0.335 e. The minimum Gasteiger partial charge on any atom is -0.478 e. The average molecular weight is 266 g/mol. The number of hydrogen-bond donors (Lipinski definition) is 2. The predicted octanol–water partition coefficient (Wildman–Crippen LogP) is 3.62. The molecule has 20 heavy (non-hydrogen) atoms. The molecule has 0 aliphatic heterocycles. The Bertz CT molecular complexity index is 715. The molecule has 2 rings (SSSR count). The van der Waals surface area contributed by atoms with Crippen LogP contribution in [0.1, 0.15) is 27.0 Å². The molecule has 4 heteroatoms. The zero-order valence-electron chi connectivity index (χ0n) is 11.3. The van der Waals surface area contributed by atoms with E-state index in [0.29, 0.717) is 11.1 Å². The van der Waals surface area contributed by atoms with E-state index in [1.54, 1.807) is 37.3 Å². The third-order valence-electron chi connectivity index (χ3n) is 3.10. The number of rotatable bonds is 3. The first-order chi connectivity index (χ1) is 9.51. The van der Waals surface area contributed by atoms with E-state index in [9.17, 15) is 4.79 Å². The Morgan fingerprint density at radius 2 is 1.90 bits per heavy atom. The van der Waals surface area contributed by atoms with E-state index in [1.165, 1.54) is 0 Å². The molecule has 0 amide bonds. The molecule has 4 nitrogen and oxygen atoms in total. The Morgan fingerprint density at radius 1 is 1.15 bits per heavy atom. The van der Waals surface area contributed by atoms with Gasteiger partial charge in [0.25, 0.3) is 0 Å². The lowest BCUT2D eigenvalue weighted by Gasteiger charge is -2.11. The summed E-state index contributed by atoms with van der Waals surface area (Å²) in [5.74, 6) is -0.934. The Labute approximate surface area is 117 Å². The van der Waals surface area contributed by atoms with Crippen LogP contribution < -0.4 is 5.32 Å². The van der Waals surface area contributed by atoms with Gasteiger partial charge in [-0.3, -0.25) is 0 Å². The van der Waals surface area contributed by atoms with E-state index in [4.69, 9.17) is 10.4 Å². The number of carboxylic acids is 1. The van der Waals surface area contributed by atoms with Crippen LogP contribution in [0, 0.1) is 25.2 Å². The van der Waals surface area contributed by atoms with Gasteiger partial charge in [-0.25, -0.2) is 4.79 Å². The van der Waals surface area contributed by atoms with Crippen LogP contribution in [-0.2, 0) is 0 Å². The maximum Gasteiger partial charge on any atom is 0.335 e. The summed E-state index contributed by atoms with van der Waals surface area (Å²) < 4.78 is 0. The van der Waals surface area contributed by atoms with Crippen molar-refractivity contribution in [2.75, 3.05) is 5.32 Å². The largest absolute Gasteiger partial charge is 0.478 e. The van der Waals surface area contributed by atoms with Crippen LogP contribution >= 0.6 is 0 Å². The zero-order valence-corrected chi connectivity index (χ0v) is 11.3. The molecule has 2 aromatic carbocycles. The van der Waals surface area contributed by atoms with Gasteiger partial charge in [0.05, 0.1) is 17.2 Å². The summed E-state index contributed by atoms with van der Waals surface area (Å²) in [4.78, 5) is 11.0. The van der Waals surface area contributed by atoms with Crippen LogP contribution in [0.2, 0.25) is 0 Å². The summed E-state index contributed by atoms with van der Waals surface area (Å²) in [7, 11) is 0. The highest BCUT2D eigenvalue weighted by Gasteiger charge is 2.08. The second-order valence-electron chi connectivity index (χ2n) is 4.60. The van der Waals surface area contributed by atoms with Gasteiger partial charge in [-0.2, -0.15) is 5.26 Å². The van der Waals surface area contributed by atoms with Gasteiger partial charge >= 0.3 is 5.97 Å². The lowest BCUT2D eigenvalue weighted by atomic mass is 10.1. The fourth-order valence-corrected chi connectivity index (χ4v) is 1.96. The topological polar surface area (TPSA) is 73.1 Å². The van der Waals surface area contributed by atoms with E-state index in [1.807, 2.05) is 13.0 Å². The summed E-state index contributed by atoms with van der Waals surface area (Å²) in [5, 5.41) is 21.1. The molecule has 0 atom stereocenters. The maximum atomic E-state index is 11.0. The van der Waals surface area contributed by atoms with E-state index in [0.717, 1.165) is 16.9 Å². The van der Waals surface area contributed by atoms with Crippen LogP contribution in [0.5, 0.6) is 0 Å². The maximum absolute atomic E-state index is 11.0. The number of carboxylic acid groups (broad SMARTS) is 1. The van der Waals surface area contributed by atoms with Crippen molar-refractivity contribution in [1.82, 2.24) is 0 Å². The standard InChI is InChI=1S/C16H14N2O2/c1-10-3-4-12(9-17)8-15(10)18-13-5-6-14(16(19)20)11(2)7-13/h3-8,18H,1-2H3,(H,19,20). The molecule has 0 heterocycles. The van der Waals surface area contributed by atoms with Crippen LogP contribution in [0.4, 0.5) is 11.4 Å². The molecular formula is C16H14N2O2. The monoisotopic (exact) mass is 266 g/mol. The molecule has 0 saturated heterocycles. The number of nitrogens with zero attached hydrogens (tertiary/aromatic N) is 1. The quantitative estimate of drug-likeness (QED) is 0.889. The number of carbonyl (C=O) groups is 1. The predicted molar refractivity (Wildman–Crippen MR) is 77.3 cm³/mol. The van der Waals surface area contributed by atoms with Gasteiger partial charge in [-0.15, -0.1) is 0 Å². The Hall–Kier alpha value is -2.80. The van der Waals surface area contributed by atoms with E-state index >= 15 is 0 Å². The second kappa shape index (κ2) is 5.45. The molecule has 0 radical (unpaired) electrons. The molecule has 0 spiro atoms. The first-order valence-corrected chi connectivity index (χ1v) is 6.13. The Kier molecular flexibility index (Phi) is 3.72. The van der Waals surface area contributed by atoms with Gasteiger partial charge in [-0.05, 0) is 55.3 Å². The minimum absolute atomic E-state index is 0.290. The fraction of sp³-hybridized carbons (Fsp3) is 0.125. The third-order valence-corrected chi connectivity index (χ3v) is 3.10. The van der Waals surface area contributed by atoms with Crippen LogP contribution in [0.3, 0.4) is 0 Å². The number of aromatic carboxylic acids is 1. The second-order valence-corrected chi connectivity index (χ2v) is 4.60. The molecule has 0 fully saturated rings. The highest BCUT2D eigenvalue weighted by atomic mass is 16.4. The first kappa shape index (κ1) is 13.6. The highest BCUT2D eigenvalue weighted by molar-refractivity contribution is 5.90. The van der Waals surface area contributed by atoms with Crippen LogP contribution in [-0.4, -0.2) is 11.1 Å². The van der Waals surface area contributed by atoms with Crippen molar-refractivity contribution < 1.29 is 9.90 Å². The first-order valence-electron chi connectivity index (χ1n) is 6.13. The zero-order chi connectivity index (χ0) is 14.7. The van der Waals surface area contributed by atoms with Crippen LogP contribution in [0.25, 0.3) is 0 Å². The van der Waals surface area contributed by atoms with Gasteiger partial charge in [0, 0.05) is 11.4 Å². The highest BCUT2D eigenvalue weighted by Crippen LogP contribution is 2.23. The molecule has 0 aliphatic rings. The van der Waals surface area contributed by atoms with Gasteiger partial charge in [0.15, 0.2) is 0 Å². The normalized spacial score (nSPS) is 9.85. The molecule has 0 saturated carbocycles. The van der Waals surface area contributed by atoms with Gasteiger partial charge < -0.3 is 10.4 Å². The number of anilines is 2. The molecule has 2 aromatic rings. The van der Waals surface area contributed by atoms with Crippen molar-refractivity contribution in [1.29, 1.82) is 5.26 Å².